The summed E-state index contributed by atoms with van der Waals surface area (Å²) in [6.45, 7) is 0. The first-order valence-electron chi connectivity index (χ1n) is 16.4. The predicted octanol–water partition coefficient (Wildman–Crippen LogP) is 12.7. The van der Waals surface area contributed by atoms with E-state index in [1.54, 1.807) is 0 Å². The molecule has 48 heavy (non-hydrogen) atoms. The Bertz CT molecular complexity index is 2540. The molecule has 0 atom stereocenters. The summed E-state index contributed by atoms with van der Waals surface area (Å²) in [5, 5.41) is 4.96. The van der Waals surface area contributed by atoms with Gasteiger partial charge in [0.05, 0.1) is 16.7 Å². The second-order valence-electron chi connectivity index (χ2n) is 12.2. The number of hydrogen-bond donors (Lipinski definition) is 0. The van der Waals surface area contributed by atoms with Crippen molar-refractivity contribution in [1.29, 1.82) is 0 Å². The van der Waals surface area contributed by atoms with Crippen molar-refractivity contribution in [3.63, 3.8) is 0 Å². The third kappa shape index (κ3) is 4.74. The molecule has 8 aromatic carbocycles. The fraction of sp³-hybridized carbons (Fsp3) is 0. The highest BCUT2D eigenvalue weighted by atomic mass is 15.1. The molecule has 9 rings (SSSR count). The zero-order chi connectivity index (χ0) is 31.9. The molecule has 0 fully saturated rings. The van der Waals surface area contributed by atoms with E-state index in [0.29, 0.717) is 0 Å². The van der Waals surface area contributed by atoms with Gasteiger partial charge in [0.2, 0.25) is 0 Å². The van der Waals surface area contributed by atoms with Gasteiger partial charge in [0.1, 0.15) is 0 Å². The van der Waals surface area contributed by atoms with Gasteiger partial charge in [-0.3, -0.25) is 0 Å². The molecule has 0 amide bonds. The van der Waals surface area contributed by atoms with Crippen LogP contribution in [0.15, 0.2) is 194 Å². The number of fused-ring (bicyclic) bond motifs is 4. The molecule has 0 aliphatic carbocycles. The van der Waals surface area contributed by atoms with Gasteiger partial charge in [-0.15, -0.1) is 0 Å². The molecule has 0 spiro atoms. The monoisotopic (exact) mass is 612 g/mol. The van der Waals surface area contributed by atoms with Crippen LogP contribution in [0.5, 0.6) is 0 Å². The van der Waals surface area contributed by atoms with Gasteiger partial charge in [0.15, 0.2) is 0 Å². The topological polar surface area (TPSA) is 8.17 Å². The van der Waals surface area contributed by atoms with Gasteiger partial charge in [0.25, 0.3) is 0 Å². The number of nitrogens with zero attached hydrogens (tertiary/aromatic N) is 2. The number of hydrogen-bond acceptors (Lipinski definition) is 1. The van der Waals surface area contributed by atoms with Crippen molar-refractivity contribution in [2.24, 2.45) is 0 Å². The average molecular weight is 613 g/mol. The van der Waals surface area contributed by atoms with Gasteiger partial charge < -0.3 is 9.47 Å². The summed E-state index contributed by atoms with van der Waals surface area (Å²) in [4.78, 5) is 2.37. The normalized spacial score (nSPS) is 11.3. The number of rotatable bonds is 6. The highest BCUT2D eigenvalue weighted by molar-refractivity contribution is 6.16. The van der Waals surface area contributed by atoms with E-state index in [9.17, 15) is 0 Å². The summed E-state index contributed by atoms with van der Waals surface area (Å²) < 4.78 is 2.41. The molecule has 226 valence electrons. The summed E-state index contributed by atoms with van der Waals surface area (Å²) in [6.07, 6.45) is 0. The highest BCUT2D eigenvalue weighted by Crippen LogP contribution is 2.42. The lowest BCUT2D eigenvalue weighted by atomic mass is 9.98. The third-order valence-corrected chi connectivity index (χ3v) is 9.35. The van der Waals surface area contributed by atoms with Crippen molar-refractivity contribution in [3.05, 3.63) is 194 Å². The average Bonchev–Trinajstić information content (AvgIpc) is 3.50. The molecule has 0 unspecified atom stereocenters. The van der Waals surface area contributed by atoms with E-state index in [4.69, 9.17) is 0 Å². The molecule has 2 nitrogen and oxygen atoms in total. The molecule has 2 heteroatoms. The van der Waals surface area contributed by atoms with Crippen LogP contribution in [0.3, 0.4) is 0 Å². The second kappa shape index (κ2) is 11.8. The van der Waals surface area contributed by atoms with E-state index in [-0.39, 0.29) is 0 Å². The second-order valence-corrected chi connectivity index (χ2v) is 12.2. The van der Waals surface area contributed by atoms with Crippen molar-refractivity contribution in [1.82, 2.24) is 4.57 Å². The Morgan fingerprint density at radius 2 is 1.00 bits per heavy atom. The van der Waals surface area contributed by atoms with Crippen molar-refractivity contribution >= 4 is 49.6 Å². The van der Waals surface area contributed by atoms with Crippen molar-refractivity contribution in [2.75, 3.05) is 4.90 Å². The maximum Gasteiger partial charge on any atom is 0.0547 e. The summed E-state index contributed by atoms with van der Waals surface area (Å²) in [7, 11) is 0. The fourth-order valence-electron chi connectivity index (χ4n) is 7.19. The van der Waals surface area contributed by atoms with Crippen molar-refractivity contribution < 1.29 is 0 Å². The van der Waals surface area contributed by atoms with Crippen LogP contribution in [0.25, 0.3) is 60.5 Å². The van der Waals surface area contributed by atoms with Gasteiger partial charge >= 0.3 is 0 Å². The van der Waals surface area contributed by atoms with E-state index < -0.39 is 0 Å². The molecule has 1 aromatic heterocycles. The maximum atomic E-state index is 2.41. The van der Waals surface area contributed by atoms with Crippen LogP contribution in [0.4, 0.5) is 17.1 Å². The van der Waals surface area contributed by atoms with Gasteiger partial charge in [-0.05, 0) is 82.2 Å². The van der Waals surface area contributed by atoms with Crippen LogP contribution < -0.4 is 4.90 Å². The standard InChI is InChI=1S/C46H32N2/c1-4-15-34(16-5-1)41-26-14-28-44-46(41)42-30-29-36(32-45(42)48(44)38-22-8-3-9-23-38)35-19-12-24-39(31-35)47(37-20-6-2-7-21-37)43-27-13-18-33-17-10-11-25-40(33)43/h1-32H. The molecule has 0 N–H and O–H groups in total. The lowest BCUT2D eigenvalue weighted by Crippen LogP contribution is -2.10. The summed E-state index contributed by atoms with van der Waals surface area (Å²) >= 11 is 0. The molecule has 0 saturated carbocycles. The van der Waals surface area contributed by atoms with Crippen molar-refractivity contribution in [2.45, 2.75) is 0 Å². The summed E-state index contributed by atoms with van der Waals surface area (Å²) in [6, 6.07) is 69.8. The molecule has 1 heterocycles. The Morgan fingerprint density at radius 1 is 0.375 bits per heavy atom. The Morgan fingerprint density at radius 3 is 1.83 bits per heavy atom. The molecule has 9 aromatic rings. The lowest BCUT2D eigenvalue weighted by Gasteiger charge is -2.27. The zero-order valence-corrected chi connectivity index (χ0v) is 26.4. The quantitative estimate of drug-likeness (QED) is 0.181. The van der Waals surface area contributed by atoms with Gasteiger partial charge in [-0.2, -0.15) is 0 Å². The third-order valence-electron chi connectivity index (χ3n) is 9.35. The minimum atomic E-state index is 1.12. The Balaban J connectivity index is 1.25. The summed E-state index contributed by atoms with van der Waals surface area (Å²) in [5.74, 6) is 0. The number of aromatic nitrogens is 1. The van der Waals surface area contributed by atoms with E-state index >= 15 is 0 Å². The van der Waals surface area contributed by atoms with Crippen LogP contribution in [0, 0.1) is 0 Å². The number of benzene rings is 8. The smallest absolute Gasteiger partial charge is 0.0547 e. The van der Waals surface area contributed by atoms with Gasteiger partial charge in [0, 0.05) is 33.2 Å². The van der Waals surface area contributed by atoms with Crippen LogP contribution in [0.2, 0.25) is 0 Å². The van der Waals surface area contributed by atoms with Crippen LogP contribution >= 0.6 is 0 Å². The summed E-state index contributed by atoms with van der Waals surface area (Å²) in [5.41, 5.74) is 11.8. The lowest BCUT2D eigenvalue weighted by molar-refractivity contribution is 1.18. The number of anilines is 3. The molecule has 0 radical (unpaired) electrons. The first-order valence-corrected chi connectivity index (χ1v) is 16.4. The minimum absolute atomic E-state index is 1.12. The van der Waals surface area contributed by atoms with Gasteiger partial charge in [-0.1, -0.05) is 140 Å². The van der Waals surface area contributed by atoms with E-state index in [1.807, 2.05) is 0 Å². The fourth-order valence-corrected chi connectivity index (χ4v) is 7.19. The molecular formula is C46H32N2. The zero-order valence-electron chi connectivity index (χ0n) is 26.4. The molecular weight excluding hydrogens is 581 g/mol. The molecule has 0 bridgehead atoms. The van der Waals surface area contributed by atoms with Crippen LogP contribution in [-0.4, -0.2) is 4.57 Å². The van der Waals surface area contributed by atoms with E-state index in [0.717, 1.165) is 22.7 Å². The molecule has 0 aliphatic heterocycles. The highest BCUT2D eigenvalue weighted by Gasteiger charge is 2.19. The van der Waals surface area contributed by atoms with E-state index in [2.05, 4.69) is 204 Å². The van der Waals surface area contributed by atoms with E-state index in [1.165, 1.54) is 54.8 Å². The number of para-hydroxylation sites is 2. The maximum absolute atomic E-state index is 2.41. The van der Waals surface area contributed by atoms with Crippen LogP contribution in [-0.2, 0) is 0 Å². The first kappa shape index (κ1) is 27.9. The van der Waals surface area contributed by atoms with Crippen molar-refractivity contribution in [3.8, 4) is 27.9 Å². The first-order chi connectivity index (χ1) is 23.8. The predicted molar refractivity (Wildman–Crippen MR) is 204 cm³/mol. The Labute approximate surface area is 280 Å². The Hall–Kier alpha value is -6.38. The minimum Gasteiger partial charge on any atom is -0.310 e. The van der Waals surface area contributed by atoms with Gasteiger partial charge in [-0.25, -0.2) is 0 Å². The largest absolute Gasteiger partial charge is 0.310 e. The molecule has 0 aliphatic rings. The SMILES string of the molecule is c1ccc(-c2cccc3c2c2ccc(-c4cccc(N(c5ccccc5)c5cccc6ccccc56)c4)cc2n3-c2ccccc2)cc1. The Kier molecular flexibility index (Phi) is 6.84. The van der Waals surface area contributed by atoms with Crippen LogP contribution in [0.1, 0.15) is 0 Å². The molecule has 0 saturated heterocycles.